The van der Waals surface area contributed by atoms with Crippen molar-refractivity contribution in [3.63, 3.8) is 0 Å². The van der Waals surface area contributed by atoms with Gasteiger partial charge in [0.1, 0.15) is 20.2 Å². The second kappa shape index (κ2) is 17.3. The molecular weight excluding hydrogens is 930 g/mol. The summed E-state index contributed by atoms with van der Waals surface area (Å²) in [6.07, 6.45) is 9.33. The van der Waals surface area contributed by atoms with Crippen LogP contribution in [0.15, 0.2) is 93.3 Å². The average molecular weight is 946 g/mol. The van der Waals surface area contributed by atoms with Gasteiger partial charge in [0.15, 0.2) is 11.4 Å². The van der Waals surface area contributed by atoms with Crippen LogP contribution in [0.5, 0.6) is 5.88 Å². The molecular formula is C27H16I2N4Na2O12S2. The largest absolute Gasteiger partial charge is 1.00 e. The van der Waals surface area contributed by atoms with Crippen molar-refractivity contribution in [1.29, 1.82) is 0 Å². The molecule has 2 heterocycles. The Labute approximate surface area is 349 Å². The molecule has 0 fully saturated rings. The quantitative estimate of drug-likeness (QED) is 0.0597. The number of carboxylic acid groups (broad SMARTS) is 2. The van der Waals surface area contributed by atoms with Gasteiger partial charge in [-0.3, -0.25) is 4.79 Å². The fraction of sp³-hybridized carbons (Fsp3) is 0. The monoisotopic (exact) mass is 946 g/mol. The van der Waals surface area contributed by atoms with Crippen molar-refractivity contribution >= 4 is 101 Å². The van der Waals surface area contributed by atoms with Crippen molar-refractivity contribution in [2.75, 3.05) is 5.01 Å². The molecule has 0 unspecified atom stereocenters. The molecule has 0 radical (unpaired) electrons. The average Bonchev–Trinajstić information content (AvgIpc) is 3.48. The van der Waals surface area contributed by atoms with Crippen LogP contribution in [-0.4, -0.2) is 74.6 Å². The molecule has 0 atom stereocenters. The van der Waals surface area contributed by atoms with Crippen LogP contribution in [0.4, 0.5) is 5.69 Å². The number of carbonyl (C=O) groups is 3. The van der Waals surface area contributed by atoms with Crippen LogP contribution >= 0.6 is 45.2 Å². The minimum atomic E-state index is -4.77. The molecule has 1 aliphatic rings. The van der Waals surface area contributed by atoms with Gasteiger partial charge in [0.05, 0.1) is 32.3 Å². The maximum Gasteiger partial charge on any atom is 1.00 e. The SMILES string of the molecule is O=C(O)C1=NN(c2ccc(S(=O)(=O)[O-])cc2[124I])C(=O)\C1=C/C=C/C=C/C=C/c1c(C(=O)O)nn(-c2ccc(S(=O)(=O)[O-])cc2[124I])c1O.[Na+].[Na+]. The van der Waals surface area contributed by atoms with Gasteiger partial charge in [-0.25, -0.2) is 26.4 Å². The Morgan fingerprint density at radius 2 is 1.31 bits per heavy atom. The van der Waals surface area contributed by atoms with Crippen molar-refractivity contribution < 1.29 is 115 Å². The molecule has 1 aromatic heterocycles. The van der Waals surface area contributed by atoms with Crippen molar-refractivity contribution in [2.45, 2.75) is 9.79 Å². The van der Waals surface area contributed by atoms with E-state index in [2.05, 4.69) is 10.2 Å². The summed E-state index contributed by atoms with van der Waals surface area (Å²) < 4.78 is 68.9. The Morgan fingerprint density at radius 1 is 0.796 bits per heavy atom. The third-order valence-corrected chi connectivity index (χ3v) is 9.41. The molecule has 3 N–H and O–H groups in total. The molecule has 4 rings (SSSR count). The van der Waals surface area contributed by atoms with E-state index >= 15 is 0 Å². The predicted octanol–water partition coefficient (Wildman–Crippen LogP) is -3.16. The van der Waals surface area contributed by atoms with Crippen molar-refractivity contribution in [3.05, 3.63) is 96.8 Å². The second-order valence-electron chi connectivity index (χ2n) is 9.02. The van der Waals surface area contributed by atoms with Gasteiger partial charge in [-0.15, -0.1) is 0 Å². The van der Waals surface area contributed by atoms with Crippen molar-refractivity contribution in [2.24, 2.45) is 5.10 Å². The number of aliphatic carboxylic acids is 1. The summed E-state index contributed by atoms with van der Waals surface area (Å²) in [5.74, 6) is -4.41. The standard InChI is InChI=1S/C27H18I2N4O12S2.2Na/c28-18-12-14(46(40,41)42)8-10-20(18)32-24(34)16(22(30-32)26(36)37)6-4-2-1-3-5-7-17-23(27(38)39)31-33(25(17)35)21-11-9-15(13-19(21)29)47(43,44)45;;/h1-13,34H,(H,36,37)(H,38,39)(H,40,41,42)(H,43,44,45);;/q;2*+1/p-2/b2-1+,5-3+,6-4+,17-7-;;/i28-3,29-3;;. The fourth-order valence-electron chi connectivity index (χ4n) is 3.91. The number of carbonyl (C=O) groups excluding carboxylic acids is 1. The summed E-state index contributed by atoms with van der Waals surface area (Å²) in [5, 5.41) is 38.3. The molecule has 0 aliphatic carbocycles. The van der Waals surface area contributed by atoms with Crippen LogP contribution in [0, 0.1) is 7.14 Å². The molecule has 22 heteroatoms. The number of anilines is 1. The van der Waals surface area contributed by atoms with E-state index in [9.17, 15) is 55.6 Å². The maximum absolute atomic E-state index is 13.0. The van der Waals surface area contributed by atoms with E-state index < -0.39 is 65.2 Å². The third-order valence-electron chi connectivity index (χ3n) is 6.02. The van der Waals surface area contributed by atoms with Crippen molar-refractivity contribution in [1.82, 2.24) is 9.78 Å². The normalized spacial score (nSPS) is 14.4. The number of aromatic carboxylic acids is 1. The van der Waals surface area contributed by atoms with Crippen LogP contribution in [0.2, 0.25) is 0 Å². The van der Waals surface area contributed by atoms with E-state index in [0.717, 1.165) is 40.0 Å². The zero-order valence-corrected chi connectivity index (χ0v) is 34.8. The van der Waals surface area contributed by atoms with Gasteiger partial charge >= 0.3 is 71.1 Å². The van der Waals surface area contributed by atoms with Gasteiger partial charge in [-0.1, -0.05) is 30.4 Å². The molecule has 49 heavy (non-hydrogen) atoms. The van der Waals surface area contributed by atoms with Gasteiger partial charge in [-0.05, 0) is 93.7 Å². The Kier molecular flexibility index (Phi) is 15.2. The van der Waals surface area contributed by atoms with Crippen LogP contribution in [-0.2, 0) is 29.8 Å². The number of benzene rings is 2. The first-order valence-corrected chi connectivity index (χ1v) is 17.3. The van der Waals surface area contributed by atoms with E-state index in [1.807, 2.05) is 0 Å². The topological polar surface area (TPSA) is 260 Å². The van der Waals surface area contributed by atoms with E-state index in [4.69, 9.17) is 0 Å². The van der Waals surface area contributed by atoms with E-state index in [-0.39, 0.29) is 88.8 Å². The summed E-state index contributed by atoms with van der Waals surface area (Å²) >= 11 is 3.38. The summed E-state index contributed by atoms with van der Waals surface area (Å²) in [5.41, 5.74) is -1.46. The summed E-state index contributed by atoms with van der Waals surface area (Å²) in [7, 11) is -9.52. The molecule has 244 valence electrons. The Balaban J connectivity index is 0.00000417. The number of carboxylic acids is 2. The number of hydrogen-bond donors (Lipinski definition) is 3. The Morgan fingerprint density at radius 3 is 1.80 bits per heavy atom. The molecule has 0 bridgehead atoms. The smallest absolute Gasteiger partial charge is 0.744 e. The van der Waals surface area contributed by atoms with Crippen LogP contribution in [0.1, 0.15) is 16.1 Å². The van der Waals surface area contributed by atoms with Gasteiger partial charge in [0, 0.05) is 7.14 Å². The molecule has 0 saturated heterocycles. The van der Waals surface area contributed by atoms with Gasteiger partial charge in [0.2, 0.25) is 5.88 Å². The molecule has 0 saturated carbocycles. The van der Waals surface area contributed by atoms with Crippen LogP contribution in [0.3, 0.4) is 0 Å². The number of nitrogens with zero attached hydrogens (tertiary/aromatic N) is 4. The van der Waals surface area contributed by atoms with E-state index in [1.165, 1.54) is 48.6 Å². The third kappa shape index (κ3) is 9.97. The summed E-state index contributed by atoms with van der Waals surface area (Å²) in [6, 6.07) is 6.36. The molecule has 1 aliphatic heterocycles. The van der Waals surface area contributed by atoms with E-state index in [0.29, 0.717) is 0 Å². The number of halogens is 2. The minimum absolute atomic E-state index is 0. The van der Waals surface area contributed by atoms with Crippen molar-refractivity contribution in [3.8, 4) is 11.6 Å². The summed E-state index contributed by atoms with van der Waals surface area (Å²) in [6.45, 7) is 0. The first-order valence-electron chi connectivity index (χ1n) is 12.4. The fourth-order valence-corrected chi connectivity index (χ4v) is 6.82. The molecule has 2 aromatic carbocycles. The Hall–Kier alpha value is -2.23. The number of rotatable bonds is 10. The van der Waals surface area contributed by atoms with Gasteiger partial charge in [0.25, 0.3) is 5.91 Å². The molecule has 3 aromatic rings. The van der Waals surface area contributed by atoms with Gasteiger partial charge < -0.3 is 24.4 Å². The van der Waals surface area contributed by atoms with Crippen LogP contribution < -0.4 is 64.1 Å². The van der Waals surface area contributed by atoms with Crippen LogP contribution in [0.25, 0.3) is 11.8 Å². The van der Waals surface area contributed by atoms with Gasteiger partial charge in [-0.2, -0.15) is 19.9 Å². The number of hydrazone groups is 1. The molecule has 1 amide bonds. The maximum atomic E-state index is 13.0. The summed E-state index contributed by atoms with van der Waals surface area (Å²) in [4.78, 5) is 35.5. The Bertz CT molecular complexity index is 2230. The number of amides is 1. The first-order chi connectivity index (χ1) is 21.9. The van der Waals surface area contributed by atoms with E-state index in [1.54, 1.807) is 45.2 Å². The number of hydrogen-bond acceptors (Lipinski definition) is 12. The number of allylic oxidation sites excluding steroid dienone is 6. The second-order valence-corrected chi connectivity index (χ2v) is 14.1. The number of aromatic hydroxyl groups is 1. The first kappa shape index (κ1) is 42.9. The molecule has 0 spiro atoms. The molecule has 16 nitrogen and oxygen atoms in total. The minimum Gasteiger partial charge on any atom is -0.744 e. The number of aromatic nitrogens is 2. The zero-order chi connectivity index (χ0) is 34.8. The predicted molar refractivity (Wildman–Crippen MR) is 178 cm³/mol. The zero-order valence-electron chi connectivity index (χ0n) is 24.9.